The van der Waals surface area contributed by atoms with Gasteiger partial charge in [-0.3, -0.25) is 24.5 Å². The maximum absolute atomic E-state index is 13.7. The highest BCUT2D eigenvalue weighted by Gasteiger charge is 2.39. The van der Waals surface area contributed by atoms with Crippen LogP contribution in [0.4, 0.5) is 0 Å². The zero-order chi connectivity index (χ0) is 26.9. The molecule has 0 aromatic carbocycles. The molecule has 1 saturated carbocycles. The highest BCUT2D eigenvalue weighted by atomic mass is 32.1. The van der Waals surface area contributed by atoms with E-state index in [2.05, 4.69) is 20.9 Å². The van der Waals surface area contributed by atoms with Crippen molar-refractivity contribution >= 4 is 34.9 Å². The second-order valence-corrected chi connectivity index (χ2v) is 11.8. The van der Waals surface area contributed by atoms with Crippen LogP contribution in [0.15, 0.2) is 11.6 Å². The van der Waals surface area contributed by atoms with Crippen LogP contribution in [0.25, 0.3) is 0 Å². The first kappa shape index (κ1) is 28.6. The van der Waals surface area contributed by atoms with E-state index in [1.165, 1.54) is 17.8 Å². The van der Waals surface area contributed by atoms with E-state index in [0.29, 0.717) is 49.1 Å². The molecule has 1 aromatic heterocycles. The summed E-state index contributed by atoms with van der Waals surface area (Å²) in [5, 5.41) is 20.6. The van der Waals surface area contributed by atoms with Crippen molar-refractivity contribution in [1.29, 1.82) is 0 Å². The number of amides is 2. The Hall–Kier alpha value is -2.37. The summed E-state index contributed by atoms with van der Waals surface area (Å²) in [7, 11) is 0. The van der Waals surface area contributed by atoms with Gasteiger partial charge in [0.1, 0.15) is 6.04 Å². The van der Waals surface area contributed by atoms with Gasteiger partial charge >= 0.3 is 5.97 Å². The number of carboxylic acids is 1. The fourth-order valence-corrected chi connectivity index (χ4v) is 6.82. The van der Waals surface area contributed by atoms with Crippen LogP contribution in [0.2, 0.25) is 0 Å². The number of piperidine rings is 1. The zero-order valence-electron chi connectivity index (χ0n) is 22.0. The van der Waals surface area contributed by atoms with Crippen LogP contribution in [0, 0.1) is 11.8 Å². The number of carbonyl (C=O) groups excluding carboxylic acids is 3. The molecular weight excluding hydrogens is 506 g/mol. The molecule has 2 aliphatic heterocycles. The number of nitrogens with zero attached hydrogens (tertiary/aromatic N) is 2. The SMILES string of the molecule is O=C(O)CN[C@H](CC1CCCCC1)C(=O)N1CCC[C@H]1C(=O)NC(CC1CCNCC1)C(=O)c1nccs1. The third-order valence-corrected chi connectivity index (χ3v) is 9.02. The third kappa shape index (κ3) is 7.83. The second-order valence-electron chi connectivity index (χ2n) is 10.9. The standard InChI is InChI=1S/C27H41N5O5S/c33-23(34)17-30-21(16-18-5-2-1-3-6-18)27(37)32-13-4-7-22(32)25(36)31-20(15-19-8-10-28-11-9-19)24(35)26-29-12-14-38-26/h12,14,18-22,28,30H,1-11,13,15-17H2,(H,31,36)(H,33,34)/t20?,21-,22+/m1/s1. The van der Waals surface area contributed by atoms with Crippen molar-refractivity contribution < 1.29 is 24.3 Å². The molecule has 38 heavy (non-hydrogen) atoms. The van der Waals surface area contributed by atoms with Crippen LogP contribution in [-0.2, 0) is 14.4 Å². The summed E-state index contributed by atoms with van der Waals surface area (Å²) < 4.78 is 0. The number of nitrogens with one attached hydrogen (secondary N) is 3. The van der Waals surface area contributed by atoms with Gasteiger partial charge in [-0.05, 0) is 63.5 Å². The van der Waals surface area contributed by atoms with E-state index < -0.39 is 24.1 Å². The fraction of sp³-hybridized carbons (Fsp3) is 0.741. The molecule has 3 aliphatic rings. The molecule has 10 nitrogen and oxygen atoms in total. The van der Waals surface area contributed by atoms with Crippen LogP contribution < -0.4 is 16.0 Å². The van der Waals surface area contributed by atoms with E-state index in [-0.39, 0.29) is 24.1 Å². The summed E-state index contributed by atoms with van der Waals surface area (Å²) in [6, 6.07) is -1.98. The lowest BCUT2D eigenvalue weighted by Crippen LogP contribution is -2.55. The minimum atomic E-state index is -1.01. The quantitative estimate of drug-likeness (QED) is 0.292. The Morgan fingerprint density at radius 2 is 1.71 bits per heavy atom. The predicted octanol–water partition coefficient (Wildman–Crippen LogP) is 2.20. The molecule has 1 unspecified atom stereocenters. The topological polar surface area (TPSA) is 141 Å². The summed E-state index contributed by atoms with van der Waals surface area (Å²) in [5.41, 5.74) is 0. The van der Waals surface area contributed by atoms with Gasteiger partial charge < -0.3 is 20.6 Å². The molecule has 0 radical (unpaired) electrons. The highest BCUT2D eigenvalue weighted by Crippen LogP contribution is 2.29. The minimum absolute atomic E-state index is 0.180. The number of likely N-dealkylation sites (tertiary alicyclic amines) is 1. The van der Waals surface area contributed by atoms with Gasteiger partial charge in [-0.1, -0.05) is 32.1 Å². The maximum atomic E-state index is 13.7. The molecule has 3 atom stereocenters. The number of hydrogen-bond donors (Lipinski definition) is 4. The molecule has 2 amide bonds. The molecule has 4 N–H and O–H groups in total. The summed E-state index contributed by atoms with van der Waals surface area (Å²) >= 11 is 1.27. The van der Waals surface area contributed by atoms with Crippen molar-refractivity contribution in [1.82, 2.24) is 25.8 Å². The third-order valence-electron chi connectivity index (χ3n) is 8.23. The van der Waals surface area contributed by atoms with Crippen LogP contribution in [0.5, 0.6) is 0 Å². The zero-order valence-corrected chi connectivity index (χ0v) is 22.8. The summed E-state index contributed by atoms with van der Waals surface area (Å²) in [4.78, 5) is 57.6. The lowest BCUT2D eigenvalue weighted by molar-refractivity contribution is -0.141. The summed E-state index contributed by atoms with van der Waals surface area (Å²) in [5.74, 6) is -1.01. The first-order chi connectivity index (χ1) is 18.4. The highest BCUT2D eigenvalue weighted by molar-refractivity contribution is 7.11. The summed E-state index contributed by atoms with van der Waals surface area (Å²) in [6.45, 7) is 1.95. The molecular formula is C27H41N5O5S. The number of carbonyl (C=O) groups is 4. The monoisotopic (exact) mass is 547 g/mol. The van der Waals surface area contributed by atoms with E-state index >= 15 is 0 Å². The maximum Gasteiger partial charge on any atom is 0.317 e. The number of hydrogen-bond acceptors (Lipinski definition) is 8. The van der Waals surface area contributed by atoms with Crippen molar-refractivity contribution in [3.05, 3.63) is 16.6 Å². The minimum Gasteiger partial charge on any atom is -0.480 e. The Labute approximate surface area is 228 Å². The van der Waals surface area contributed by atoms with E-state index in [0.717, 1.165) is 51.6 Å². The number of rotatable bonds is 12. The number of carboxylic acid groups (broad SMARTS) is 1. The van der Waals surface area contributed by atoms with Crippen molar-refractivity contribution in [2.24, 2.45) is 11.8 Å². The molecule has 4 rings (SSSR count). The van der Waals surface area contributed by atoms with Crippen LogP contribution >= 0.6 is 11.3 Å². The van der Waals surface area contributed by atoms with Gasteiger partial charge in [0.05, 0.1) is 18.6 Å². The fourth-order valence-electron chi connectivity index (χ4n) is 6.19. The number of ketones is 1. The number of Topliss-reactive ketones (excluding diaryl/α,β-unsaturated/α-hetero) is 1. The Bertz CT molecular complexity index is 946. The average Bonchev–Trinajstić information content (AvgIpc) is 3.64. The number of aromatic nitrogens is 1. The normalized spacial score (nSPS) is 22.6. The van der Waals surface area contributed by atoms with Gasteiger partial charge in [-0.25, -0.2) is 4.98 Å². The lowest BCUT2D eigenvalue weighted by atomic mass is 9.84. The van der Waals surface area contributed by atoms with Crippen molar-refractivity contribution in [2.75, 3.05) is 26.2 Å². The molecule has 210 valence electrons. The Kier molecular flexibility index (Phi) is 10.7. The van der Waals surface area contributed by atoms with E-state index in [4.69, 9.17) is 0 Å². The predicted molar refractivity (Wildman–Crippen MR) is 144 cm³/mol. The summed E-state index contributed by atoms with van der Waals surface area (Å²) in [6.07, 6.45) is 11.4. The smallest absolute Gasteiger partial charge is 0.317 e. The lowest BCUT2D eigenvalue weighted by Gasteiger charge is -2.32. The molecule has 3 fully saturated rings. The Balaban J connectivity index is 1.44. The number of aliphatic carboxylic acids is 1. The largest absolute Gasteiger partial charge is 0.480 e. The molecule has 1 aromatic rings. The van der Waals surface area contributed by atoms with E-state index in [9.17, 15) is 24.3 Å². The van der Waals surface area contributed by atoms with Crippen LogP contribution in [-0.4, -0.2) is 82.9 Å². The second kappa shape index (κ2) is 14.1. The molecule has 0 bridgehead atoms. The van der Waals surface area contributed by atoms with Gasteiger partial charge in [0.25, 0.3) is 0 Å². The van der Waals surface area contributed by atoms with Crippen molar-refractivity contribution in [3.63, 3.8) is 0 Å². The van der Waals surface area contributed by atoms with Crippen LogP contribution in [0.3, 0.4) is 0 Å². The van der Waals surface area contributed by atoms with Gasteiger partial charge in [-0.15, -0.1) is 11.3 Å². The molecule has 3 heterocycles. The molecule has 2 saturated heterocycles. The van der Waals surface area contributed by atoms with E-state index in [1.807, 2.05) is 0 Å². The Morgan fingerprint density at radius 1 is 1.00 bits per heavy atom. The van der Waals surface area contributed by atoms with E-state index in [1.54, 1.807) is 16.5 Å². The first-order valence-corrected chi connectivity index (χ1v) is 15.0. The number of thiazole rings is 1. The van der Waals surface area contributed by atoms with Crippen LogP contribution in [0.1, 0.15) is 80.4 Å². The van der Waals surface area contributed by atoms with Gasteiger partial charge in [0, 0.05) is 18.1 Å². The van der Waals surface area contributed by atoms with Crippen molar-refractivity contribution in [3.8, 4) is 0 Å². The van der Waals surface area contributed by atoms with Gasteiger partial charge in [0.15, 0.2) is 5.01 Å². The average molecular weight is 548 g/mol. The van der Waals surface area contributed by atoms with Crippen molar-refractivity contribution in [2.45, 2.75) is 88.8 Å². The first-order valence-electron chi connectivity index (χ1n) is 14.1. The Morgan fingerprint density at radius 3 is 2.39 bits per heavy atom. The molecule has 11 heteroatoms. The van der Waals surface area contributed by atoms with Gasteiger partial charge in [0.2, 0.25) is 17.6 Å². The molecule has 1 aliphatic carbocycles. The van der Waals surface area contributed by atoms with Gasteiger partial charge in [-0.2, -0.15) is 0 Å². The molecule has 0 spiro atoms.